The Kier molecular flexibility index (Phi) is 4.13. The summed E-state index contributed by atoms with van der Waals surface area (Å²) in [4.78, 5) is 12.0. The number of rotatable bonds is 4. The normalized spacial score (nSPS) is 19.7. The van der Waals surface area contributed by atoms with Crippen LogP contribution in [-0.2, 0) is 4.79 Å². The highest BCUT2D eigenvalue weighted by Crippen LogP contribution is 2.47. The maximum absolute atomic E-state index is 12.0. The predicted octanol–water partition coefficient (Wildman–Crippen LogP) is 3.23. The number of primary amides is 1. The second kappa shape index (κ2) is 5.64. The van der Waals surface area contributed by atoms with Crippen LogP contribution < -0.4 is 10.5 Å². The monoisotopic (exact) mass is 261 g/mol. The van der Waals surface area contributed by atoms with E-state index in [1.54, 1.807) is 7.11 Å². The number of benzene rings is 1. The molecule has 0 heterocycles. The van der Waals surface area contributed by atoms with Crippen molar-refractivity contribution in [1.29, 1.82) is 0 Å². The van der Waals surface area contributed by atoms with E-state index in [1.165, 1.54) is 6.42 Å². The first kappa shape index (κ1) is 13.9. The first-order valence-electron chi connectivity index (χ1n) is 7.04. The Labute approximate surface area is 115 Å². The van der Waals surface area contributed by atoms with Crippen molar-refractivity contribution in [3.63, 3.8) is 0 Å². The van der Waals surface area contributed by atoms with Gasteiger partial charge in [-0.2, -0.15) is 0 Å². The Morgan fingerprint density at radius 2 is 2.00 bits per heavy atom. The molecule has 0 spiro atoms. The van der Waals surface area contributed by atoms with Crippen LogP contribution in [0.25, 0.3) is 0 Å². The average Bonchev–Trinajstić information content (AvgIpc) is 2.47. The zero-order valence-corrected chi connectivity index (χ0v) is 11.8. The van der Waals surface area contributed by atoms with Crippen LogP contribution in [-0.4, -0.2) is 13.0 Å². The Balaban J connectivity index is 2.33. The molecule has 0 aromatic heterocycles. The summed E-state index contributed by atoms with van der Waals surface area (Å²) in [6.45, 7) is 2.12. The molecule has 1 saturated carbocycles. The maximum Gasteiger partial charge on any atom is 0.224 e. The smallest absolute Gasteiger partial charge is 0.224 e. The van der Waals surface area contributed by atoms with Gasteiger partial charge in [0.15, 0.2) is 0 Å². The van der Waals surface area contributed by atoms with Crippen molar-refractivity contribution in [2.24, 2.45) is 11.1 Å². The highest BCUT2D eigenvalue weighted by atomic mass is 16.5. The zero-order valence-electron chi connectivity index (χ0n) is 11.8. The largest absolute Gasteiger partial charge is 0.497 e. The van der Waals surface area contributed by atoms with Gasteiger partial charge < -0.3 is 10.5 Å². The zero-order chi connectivity index (χ0) is 13.9. The first-order chi connectivity index (χ1) is 9.10. The number of ether oxygens (including phenoxy) is 1. The Morgan fingerprint density at radius 1 is 1.32 bits per heavy atom. The minimum Gasteiger partial charge on any atom is -0.497 e. The third kappa shape index (κ3) is 2.60. The van der Waals surface area contributed by atoms with Crippen molar-refractivity contribution in [2.45, 2.75) is 44.9 Å². The third-order valence-electron chi connectivity index (χ3n) is 4.66. The molecule has 1 aromatic rings. The minimum atomic E-state index is -0.384. The van der Waals surface area contributed by atoms with Gasteiger partial charge in [0.2, 0.25) is 5.91 Å². The topological polar surface area (TPSA) is 52.3 Å². The fraction of sp³-hybridized carbons (Fsp3) is 0.562. The van der Waals surface area contributed by atoms with Gasteiger partial charge in [0.25, 0.3) is 0 Å². The lowest BCUT2D eigenvalue weighted by Crippen LogP contribution is -2.42. The summed E-state index contributed by atoms with van der Waals surface area (Å²) in [5, 5.41) is 0. The first-order valence-corrected chi connectivity index (χ1v) is 7.04. The molecule has 1 unspecified atom stereocenters. The van der Waals surface area contributed by atoms with Crippen LogP contribution in [0.4, 0.5) is 0 Å². The molecule has 1 aliphatic rings. The van der Waals surface area contributed by atoms with Gasteiger partial charge in [-0.1, -0.05) is 38.3 Å². The van der Waals surface area contributed by atoms with Gasteiger partial charge in [-0.05, 0) is 36.5 Å². The maximum atomic E-state index is 12.0. The fourth-order valence-electron chi connectivity index (χ4n) is 3.31. The summed E-state index contributed by atoms with van der Waals surface area (Å²) < 4.78 is 5.27. The molecule has 19 heavy (non-hydrogen) atoms. The fourth-order valence-corrected chi connectivity index (χ4v) is 3.31. The second-order valence-corrected chi connectivity index (χ2v) is 5.58. The molecule has 1 atom stereocenters. The molecule has 1 amide bonds. The van der Waals surface area contributed by atoms with Crippen molar-refractivity contribution in [2.75, 3.05) is 7.11 Å². The van der Waals surface area contributed by atoms with Crippen LogP contribution >= 0.6 is 0 Å². The van der Waals surface area contributed by atoms with Crippen LogP contribution in [0.5, 0.6) is 5.75 Å². The van der Waals surface area contributed by atoms with Crippen molar-refractivity contribution < 1.29 is 9.53 Å². The molecule has 3 nitrogen and oxygen atoms in total. The molecule has 104 valence electrons. The summed E-state index contributed by atoms with van der Waals surface area (Å²) in [6, 6.07) is 7.98. The van der Waals surface area contributed by atoms with E-state index in [4.69, 9.17) is 10.5 Å². The molecule has 0 bridgehead atoms. The molecule has 2 N–H and O–H groups in total. The van der Waals surface area contributed by atoms with Gasteiger partial charge in [-0.3, -0.25) is 4.79 Å². The third-order valence-corrected chi connectivity index (χ3v) is 4.66. The van der Waals surface area contributed by atoms with Crippen LogP contribution in [0.1, 0.15) is 50.5 Å². The molecule has 1 fully saturated rings. The van der Waals surface area contributed by atoms with E-state index in [2.05, 4.69) is 13.0 Å². The highest BCUT2D eigenvalue weighted by molar-refractivity contribution is 5.82. The summed E-state index contributed by atoms with van der Waals surface area (Å²) in [5.41, 5.74) is 6.50. The molecular weight excluding hydrogens is 238 g/mol. The van der Waals surface area contributed by atoms with Crippen LogP contribution in [0.3, 0.4) is 0 Å². The lowest BCUT2D eigenvalue weighted by Gasteiger charge is -2.39. The quantitative estimate of drug-likeness (QED) is 0.904. The van der Waals surface area contributed by atoms with E-state index in [0.29, 0.717) is 0 Å². The molecule has 2 rings (SSSR count). The summed E-state index contributed by atoms with van der Waals surface area (Å²) in [5.74, 6) is 0.822. The van der Waals surface area contributed by atoms with E-state index >= 15 is 0 Å². The number of nitrogens with two attached hydrogens (primary N) is 1. The van der Waals surface area contributed by atoms with Crippen molar-refractivity contribution in [1.82, 2.24) is 0 Å². The van der Waals surface area contributed by atoms with Gasteiger partial charge in [0.05, 0.1) is 12.5 Å². The molecular formula is C16H23NO2. The Morgan fingerprint density at radius 3 is 2.58 bits per heavy atom. The van der Waals surface area contributed by atoms with Gasteiger partial charge in [-0.15, -0.1) is 0 Å². The number of methoxy groups -OCH3 is 1. The number of hydrogen-bond donors (Lipinski definition) is 1. The van der Waals surface area contributed by atoms with E-state index in [0.717, 1.165) is 37.0 Å². The number of hydrogen-bond acceptors (Lipinski definition) is 2. The molecule has 1 aliphatic carbocycles. The molecule has 0 radical (unpaired) electrons. The van der Waals surface area contributed by atoms with Gasteiger partial charge in [-0.25, -0.2) is 0 Å². The van der Waals surface area contributed by atoms with Crippen LogP contribution in [0.15, 0.2) is 24.3 Å². The van der Waals surface area contributed by atoms with Crippen molar-refractivity contribution >= 4 is 5.91 Å². The van der Waals surface area contributed by atoms with E-state index in [-0.39, 0.29) is 17.2 Å². The Hall–Kier alpha value is -1.51. The second-order valence-electron chi connectivity index (χ2n) is 5.58. The summed E-state index contributed by atoms with van der Waals surface area (Å²) in [6.07, 6.45) is 5.20. The molecule has 0 saturated heterocycles. The van der Waals surface area contributed by atoms with Gasteiger partial charge in [0, 0.05) is 0 Å². The van der Waals surface area contributed by atoms with Gasteiger partial charge in [0.1, 0.15) is 5.75 Å². The predicted molar refractivity (Wildman–Crippen MR) is 76.1 cm³/mol. The lowest BCUT2D eigenvalue weighted by molar-refractivity contribution is -0.130. The molecule has 1 aromatic carbocycles. The molecule has 3 heteroatoms. The van der Waals surface area contributed by atoms with Crippen LogP contribution in [0, 0.1) is 5.41 Å². The lowest BCUT2D eigenvalue weighted by atomic mass is 9.64. The average molecular weight is 261 g/mol. The van der Waals surface area contributed by atoms with E-state index < -0.39 is 0 Å². The highest BCUT2D eigenvalue weighted by Gasteiger charge is 2.43. The molecule has 0 aliphatic heterocycles. The van der Waals surface area contributed by atoms with E-state index in [1.807, 2.05) is 18.2 Å². The van der Waals surface area contributed by atoms with E-state index in [9.17, 15) is 4.79 Å². The summed E-state index contributed by atoms with van der Waals surface area (Å²) >= 11 is 0. The number of carbonyl (C=O) groups excluding carboxylic acids is 1. The number of carbonyl (C=O) groups is 1. The SMILES string of the molecule is COc1cccc(C(C)C2(C(N)=O)CCCCC2)c1. The van der Waals surface area contributed by atoms with Gasteiger partial charge >= 0.3 is 0 Å². The minimum absolute atomic E-state index is 0.139. The standard InChI is InChI=1S/C16H23NO2/c1-12(13-7-6-8-14(11-13)19-2)16(15(17)18)9-4-3-5-10-16/h6-8,11-12H,3-5,9-10H2,1-2H3,(H2,17,18). The van der Waals surface area contributed by atoms with Crippen molar-refractivity contribution in [3.05, 3.63) is 29.8 Å². The summed E-state index contributed by atoms with van der Waals surface area (Å²) in [7, 11) is 1.66. The Bertz CT molecular complexity index is 450. The number of amides is 1. The van der Waals surface area contributed by atoms with Crippen LogP contribution in [0.2, 0.25) is 0 Å². The van der Waals surface area contributed by atoms with Crippen molar-refractivity contribution in [3.8, 4) is 5.75 Å².